The Kier molecular flexibility index (Phi) is 3.09. The molecule has 2 nitrogen and oxygen atoms in total. The van der Waals surface area contributed by atoms with Crippen molar-refractivity contribution in [3.05, 3.63) is 58.7 Å². The predicted molar refractivity (Wildman–Crippen MR) is 111 cm³/mol. The third kappa shape index (κ3) is 1.31. The molecule has 0 radical (unpaired) electrons. The van der Waals surface area contributed by atoms with Gasteiger partial charge in [0, 0.05) is 10.9 Å². The molecule has 1 aromatic rings. The van der Waals surface area contributed by atoms with Crippen LogP contribution in [0.4, 0.5) is 0 Å². The maximum absolute atomic E-state index is 13.9. The molecule has 6 rings (SSSR count). The zero-order chi connectivity index (χ0) is 20.1. The fraction of sp³-hybridized carbons (Fsp3) is 0.400. The van der Waals surface area contributed by atoms with Crippen LogP contribution in [0.3, 0.4) is 0 Å². The second-order valence-electron chi connectivity index (χ2n) is 8.28. The van der Waals surface area contributed by atoms with Gasteiger partial charge in [-0.3, -0.25) is 9.59 Å². The van der Waals surface area contributed by atoms with Crippen molar-refractivity contribution in [2.75, 3.05) is 0 Å². The van der Waals surface area contributed by atoms with Gasteiger partial charge in [0.2, 0.25) is 0 Å². The molecule has 8 heteroatoms. The van der Waals surface area contributed by atoms with Gasteiger partial charge in [-0.2, -0.15) is 0 Å². The van der Waals surface area contributed by atoms with E-state index in [1.165, 1.54) is 0 Å². The number of Topliss-reactive ketones (excluding diaryl/α,β-unsaturated/α-hetero) is 2. The van der Waals surface area contributed by atoms with Crippen LogP contribution in [-0.2, 0) is 15.0 Å². The summed E-state index contributed by atoms with van der Waals surface area (Å²) in [5.41, 5.74) is 0.484. The van der Waals surface area contributed by atoms with Crippen molar-refractivity contribution < 1.29 is 9.59 Å². The number of alkyl halides is 5. The van der Waals surface area contributed by atoms with E-state index in [0.29, 0.717) is 5.02 Å². The fourth-order valence-corrected chi connectivity index (χ4v) is 9.41. The number of benzene rings is 1. The Balaban J connectivity index is 1.76. The van der Waals surface area contributed by atoms with E-state index in [1.54, 1.807) is 36.4 Å². The molecule has 5 aliphatic rings. The predicted octanol–water partition coefficient (Wildman–Crippen LogP) is 5.16. The number of fused-ring (bicyclic) bond motifs is 2. The number of hydrogen-bond donors (Lipinski definition) is 0. The van der Waals surface area contributed by atoms with Crippen molar-refractivity contribution in [2.45, 2.75) is 36.2 Å². The highest BCUT2D eigenvalue weighted by Crippen LogP contribution is 2.83. The number of ketones is 2. The molecule has 7 atom stereocenters. The van der Waals surface area contributed by atoms with Gasteiger partial charge in [-0.05, 0) is 29.7 Å². The number of allylic oxidation sites excluding steroid dienone is 4. The summed E-state index contributed by atoms with van der Waals surface area (Å²) in [6.07, 6.45) is 5.45. The molecule has 28 heavy (non-hydrogen) atoms. The van der Waals surface area contributed by atoms with Gasteiger partial charge >= 0.3 is 0 Å². The van der Waals surface area contributed by atoms with Crippen LogP contribution in [0.15, 0.2) is 48.1 Å². The molecule has 0 heterocycles. The molecule has 1 aromatic carbocycles. The van der Waals surface area contributed by atoms with Gasteiger partial charge in [0.25, 0.3) is 0 Å². The number of rotatable bonds is 1. The van der Waals surface area contributed by atoms with Crippen LogP contribution in [-0.4, -0.2) is 35.9 Å². The van der Waals surface area contributed by atoms with Crippen molar-refractivity contribution in [3.8, 4) is 0 Å². The van der Waals surface area contributed by atoms with Gasteiger partial charge in [-0.15, -0.1) is 58.0 Å². The minimum absolute atomic E-state index is 0.120. The van der Waals surface area contributed by atoms with Crippen LogP contribution in [0.1, 0.15) is 12.0 Å². The highest BCUT2D eigenvalue weighted by Gasteiger charge is 2.98. The Hall–Kier alpha value is -0.220. The van der Waals surface area contributed by atoms with Crippen molar-refractivity contribution in [3.63, 3.8) is 0 Å². The van der Waals surface area contributed by atoms with Gasteiger partial charge < -0.3 is 0 Å². The molecule has 0 saturated heterocycles. The third-order valence-electron chi connectivity index (χ3n) is 7.55. The monoisotopic (exact) mass is 492 g/mol. The van der Waals surface area contributed by atoms with E-state index >= 15 is 0 Å². The first-order chi connectivity index (χ1) is 13.0. The van der Waals surface area contributed by atoms with Gasteiger partial charge in [0.1, 0.15) is 14.6 Å². The molecule has 0 N–H and O–H groups in total. The maximum atomic E-state index is 13.9. The van der Waals surface area contributed by atoms with E-state index in [2.05, 4.69) is 0 Å². The molecule has 0 amide bonds. The quantitative estimate of drug-likeness (QED) is 0.505. The van der Waals surface area contributed by atoms with E-state index in [1.807, 2.05) is 6.08 Å². The highest BCUT2D eigenvalue weighted by molar-refractivity contribution is 6.68. The molecule has 0 unspecified atom stereocenters. The maximum Gasteiger partial charge on any atom is 0.181 e. The molecule has 4 bridgehead atoms. The topological polar surface area (TPSA) is 34.1 Å². The number of halogens is 6. The van der Waals surface area contributed by atoms with Crippen LogP contribution in [0.5, 0.6) is 0 Å². The first kappa shape index (κ1) is 18.5. The van der Waals surface area contributed by atoms with E-state index in [9.17, 15) is 9.59 Å². The standard InChI is InChI=1S/C20H10Cl6O2/c21-11-3-1-9(2-4-11)15-8-17(23)13(27)20(26)16(22)6-5-10(15)7-12(16)18(20,24)14(28)19(15,17)25/h1-7,12H,8H2/t12-,15+,16-,17-,18-,19-,20-/m1/s1. The summed E-state index contributed by atoms with van der Waals surface area (Å²) >= 11 is 40.5. The summed E-state index contributed by atoms with van der Waals surface area (Å²) in [5, 5.41) is 0.543. The number of carbonyl (C=O) groups excluding carboxylic acids is 2. The largest absolute Gasteiger partial charge is 0.295 e. The van der Waals surface area contributed by atoms with E-state index in [4.69, 9.17) is 69.6 Å². The molecular formula is C20H10Cl6O2. The third-order valence-corrected chi connectivity index (χ3v) is 11.6. The van der Waals surface area contributed by atoms with Crippen molar-refractivity contribution in [1.29, 1.82) is 0 Å². The van der Waals surface area contributed by atoms with E-state index in [-0.39, 0.29) is 6.42 Å². The van der Waals surface area contributed by atoms with Gasteiger partial charge in [0.15, 0.2) is 16.4 Å². The molecular weight excluding hydrogens is 485 g/mol. The number of carbonyl (C=O) groups is 2. The van der Waals surface area contributed by atoms with Gasteiger partial charge in [-0.1, -0.05) is 42.0 Å². The highest BCUT2D eigenvalue weighted by atomic mass is 35.5. The Bertz CT molecular complexity index is 1100. The molecule has 0 aliphatic heterocycles. The molecule has 144 valence electrons. The molecule has 5 aliphatic carbocycles. The summed E-state index contributed by atoms with van der Waals surface area (Å²) in [6, 6.07) is 7.04. The zero-order valence-electron chi connectivity index (χ0n) is 13.9. The van der Waals surface area contributed by atoms with Crippen molar-refractivity contribution in [2.24, 2.45) is 5.92 Å². The zero-order valence-corrected chi connectivity index (χ0v) is 18.4. The van der Waals surface area contributed by atoms with E-state index in [0.717, 1.165) is 11.1 Å². The number of hydrogen-bond acceptors (Lipinski definition) is 2. The normalized spacial score (nSPS) is 54.6. The average Bonchev–Trinajstić information content (AvgIpc) is 2.72. The van der Waals surface area contributed by atoms with Crippen LogP contribution >= 0.6 is 69.6 Å². The minimum atomic E-state index is -1.86. The van der Waals surface area contributed by atoms with Crippen molar-refractivity contribution >= 4 is 81.2 Å². The summed E-state index contributed by atoms with van der Waals surface area (Å²) in [5.74, 6) is -1.78. The lowest BCUT2D eigenvalue weighted by atomic mass is 9.38. The summed E-state index contributed by atoms with van der Waals surface area (Å²) in [4.78, 5) is 19.1. The first-order valence-corrected chi connectivity index (χ1v) is 10.9. The minimum Gasteiger partial charge on any atom is -0.295 e. The second-order valence-corrected chi connectivity index (χ2v) is 11.7. The summed E-state index contributed by atoms with van der Waals surface area (Å²) < 4.78 is 0. The SMILES string of the molecule is O=C1[C@@]2(Cl)[C@@]3(Cl)C=CC4=C[C@H]3[C@@]2(Cl)C(=O)[C@]2(Cl)[C@@]1(Cl)C[C@]42c1ccc(Cl)cc1. The smallest absolute Gasteiger partial charge is 0.181 e. The van der Waals surface area contributed by atoms with Crippen LogP contribution in [0.2, 0.25) is 5.02 Å². The fourth-order valence-electron chi connectivity index (χ4n) is 6.22. The lowest BCUT2D eigenvalue weighted by Gasteiger charge is -2.74. The summed E-state index contributed by atoms with van der Waals surface area (Å²) in [6.45, 7) is 0. The van der Waals surface area contributed by atoms with Crippen LogP contribution < -0.4 is 0 Å². The molecule has 0 spiro atoms. The van der Waals surface area contributed by atoms with Gasteiger partial charge in [-0.25, -0.2) is 0 Å². The molecule has 3 fully saturated rings. The second kappa shape index (κ2) is 4.66. The Labute approximate surface area is 190 Å². The molecule has 3 saturated carbocycles. The van der Waals surface area contributed by atoms with E-state index < -0.39 is 47.3 Å². The lowest BCUT2D eigenvalue weighted by molar-refractivity contribution is -0.157. The molecule has 0 aromatic heterocycles. The Morgan fingerprint density at radius 3 is 2.18 bits per heavy atom. The van der Waals surface area contributed by atoms with Crippen LogP contribution in [0, 0.1) is 5.92 Å². The Morgan fingerprint density at radius 1 is 0.893 bits per heavy atom. The Morgan fingerprint density at radius 2 is 1.54 bits per heavy atom. The van der Waals surface area contributed by atoms with Crippen LogP contribution in [0.25, 0.3) is 0 Å². The van der Waals surface area contributed by atoms with Gasteiger partial charge in [0.05, 0.1) is 10.3 Å². The van der Waals surface area contributed by atoms with Crippen molar-refractivity contribution in [1.82, 2.24) is 0 Å². The lowest BCUT2D eigenvalue weighted by Crippen LogP contribution is -2.95. The first-order valence-electron chi connectivity index (χ1n) is 8.68. The average molecular weight is 495 g/mol. The summed E-state index contributed by atoms with van der Waals surface area (Å²) in [7, 11) is 0.